The first-order valence-electron chi connectivity index (χ1n) is 11.4. The van der Waals surface area contributed by atoms with Crippen molar-refractivity contribution in [2.45, 2.75) is 58.3 Å². The van der Waals surface area contributed by atoms with Crippen LogP contribution in [0.1, 0.15) is 59.9 Å². The minimum atomic E-state index is 0.168. The predicted molar refractivity (Wildman–Crippen MR) is 120 cm³/mol. The van der Waals surface area contributed by atoms with Crippen LogP contribution in [0.4, 0.5) is 0 Å². The molecule has 1 aromatic heterocycles. The van der Waals surface area contributed by atoms with Gasteiger partial charge in [-0.1, -0.05) is 30.3 Å². The van der Waals surface area contributed by atoms with E-state index < -0.39 is 0 Å². The number of aryl methyl sites for hydroxylation is 3. The van der Waals surface area contributed by atoms with Gasteiger partial charge in [0, 0.05) is 55.5 Å². The number of hydrogen-bond acceptors (Lipinski definition) is 4. The van der Waals surface area contributed by atoms with Crippen LogP contribution in [0.25, 0.3) is 0 Å². The molecular formula is C25H32N4O2. The van der Waals surface area contributed by atoms with Crippen molar-refractivity contribution in [3.63, 3.8) is 0 Å². The van der Waals surface area contributed by atoms with Crippen molar-refractivity contribution in [3.8, 4) is 0 Å². The Hall–Kier alpha value is -2.76. The molecule has 4 rings (SSSR count). The van der Waals surface area contributed by atoms with Crippen molar-refractivity contribution in [1.82, 2.24) is 19.8 Å². The number of likely N-dealkylation sites (tertiary alicyclic amines) is 2. The number of hydrogen-bond donors (Lipinski definition) is 0. The van der Waals surface area contributed by atoms with Crippen molar-refractivity contribution in [1.29, 1.82) is 0 Å². The highest BCUT2D eigenvalue weighted by Gasteiger charge is 2.30. The third kappa shape index (κ3) is 5.12. The number of rotatable bonds is 6. The van der Waals surface area contributed by atoms with Gasteiger partial charge in [0.25, 0.3) is 0 Å². The zero-order valence-electron chi connectivity index (χ0n) is 18.6. The van der Waals surface area contributed by atoms with Gasteiger partial charge in [0.05, 0.1) is 6.42 Å². The van der Waals surface area contributed by atoms with E-state index in [1.807, 2.05) is 41.8 Å². The van der Waals surface area contributed by atoms with Crippen molar-refractivity contribution < 1.29 is 9.59 Å². The first-order valence-corrected chi connectivity index (χ1v) is 11.4. The molecule has 0 N–H and O–H groups in total. The molecule has 0 saturated carbocycles. The SMILES string of the molecule is Cc1nc(C2CCN(C(=O)CCc3ccccc3)C2)nc(C)c1CC(=O)N1CCCC1. The lowest BCUT2D eigenvalue weighted by molar-refractivity contribution is -0.130. The summed E-state index contributed by atoms with van der Waals surface area (Å²) in [5.74, 6) is 1.36. The van der Waals surface area contributed by atoms with Crippen LogP contribution in [0.5, 0.6) is 0 Å². The maximum atomic E-state index is 12.7. The molecule has 3 heterocycles. The fraction of sp³-hybridized carbons (Fsp3) is 0.520. The number of carbonyl (C=O) groups is 2. The summed E-state index contributed by atoms with van der Waals surface area (Å²) in [5.41, 5.74) is 3.93. The molecule has 164 valence electrons. The van der Waals surface area contributed by atoms with E-state index in [0.717, 1.165) is 68.1 Å². The summed E-state index contributed by atoms with van der Waals surface area (Å²) in [7, 11) is 0. The van der Waals surface area contributed by atoms with Crippen LogP contribution in [0.15, 0.2) is 30.3 Å². The van der Waals surface area contributed by atoms with Crippen LogP contribution in [0.2, 0.25) is 0 Å². The summed E-state index contributed by atoms with van der Waals surface area (Å²) in [6.07, 6.45) is 4.78. The lowest BCUT2D eigenvalue weighted by atomic mass is 10.0. The molecule has 2 fully saturated rings. The van der Waals surface area contributed by atoms with E-state index in [1.165, 1.54) is 5.56 Å². The van der Waals surface area contributed by atoms with E-state index in [1.54, 1.807) is 0 Å². The molecular weight excluding hydrogens is 388 g/mol. The maximum absolute atomic E-state index is 12.7. The number of aromatic nitrogens is 2. The van der Waals surface area contributed by atoms with Crippen LogP contribution >= 0.6 is 0 Å². The van der Waals surface area contributed by atoms with E-state index >= 15 is 0 Å². The van der Waals surface area contributed by atoms with Gasteiger partial charge in [-0.05, 0) is 45.1 Å². The topological polar surface area (TPSA) is 66.4 Å². The van der Waals surface area contributed by atoms with Gasteiger partial charge in [0.15, 0.2) is 0 Å². The standard InChI is InChI=1S/C25H32N4O2/c1-18-22(16-24(31)28-13-6-7-14-28)19(2)27-25(26-18)21-12-15-29(17-21)23(30)11-10-20-8-4-3-5-9-20/h3-5,8-9,21H,6-7,10-17H2,1-2H3. The zero-order chi connectivity index (χ0) is 21.8. The second kappa shape index (κ2) is 9.58. The summed E-state index contributed by atoms with van der Waals surface area (Å²) in [6, 6.07) is 10.1. The van der Waals surface area contributed by atoms with E-state index in [2.05, 4.69) is 12.1 Å². The molecule has 2 saturated heterocycles. The predicted octanol–water partition coefficient (Wildman–Crippen LogP) is 3.21. The molecule has 0 bridgehead atoms. The highest BCUT2D eigenvalue weighted by molar-refractivity contribution is 5.79. The monoisotopic (exact) mass is 420 g/mol. The zero-order valence-corrected chi connectivity index (χ0v) is 18.6. The van der Waals surface area contributed by atoms with Crippen molar-refractivity contribution in [3.05, 3.63) is 58.7 Å². The van der Waals surface area contributed by atoms with Crippen LogP contribution in [0, 0.1) is 13.8 Å². The highest BCUT2D eigenvalue weighted by Crippen LogP contribution is 2.27. The maximum Gasteiger partial charge on any atom is 0.227 e. The molecule has 1 aromatic carbocycles. The largest absolute Gasteiger partial charge is 0.342 e. The Morgan fingerprint density at radius 1 is 0.935 bits per heavy atom. The molecule has 2 aliphatic rings. The lowest BCUT2D eigenvalue weighted by Gasteiger charge is -2.19. The third-order valence-corrected chi connectivity index (χ3v) is 6.60. The molecule has 2 aliphatic heterocycles. The Labute approximate surface area is 184 Å². The van der Waals surface area contributed by atoms with E-state index in [-0.39, 0.29) is 17.7 Å². The lowest BCUT2D eigenvalue weighted by Crippen LogP contribution is -2.30. The molecule has 6 heteroatoms. The van der Waals surface area contributed by atoms with Gasteiger partial charge in [-0.15, -0.1) is 0 Å². The summed E-state index contributed by atoms with van der Waals surface area (Å²) < 4.78 is 0. The van der Waals surface area contributed by atoms with Gasteiger partial charge < -0.3 is 9.80 Å². The van der Waals surface area contributed by atoms with Gasteiger partial charge in [-0.25, -0.2) is 9.97 Å². The van der Waals surface area contributed by atoms with Crippen LogP contribution < -0.4 is 0 Å². The van der Waals surface area contributed by atoms with Gasteiger partial charge in [-0.2, -0.15) is 0 Å². The number of amides is 2. The summed E-state index contributed by atoms with van der Waals surface area (Å²) in [5, 5.41) is 0. The molecule has 0 aliphatic carbocycles. The number of carbonyl (C=O) groups excluding carboxylic acids is 2. The Bertz CT molecular complexity index is 915. The van der Waals surface area contributed by atoms with E-state index in [4.69, 9.17) is 9.97 Å². The van der Waals surface area contributed by atoms with Crippen molar-refractivity contribution >= 4 is 11.8 Å². The Morgan fingerprint density at radius 3 is 2.29 bits per heavy atom. The number of nitrogens with zero attached hydrogens (tertiary/aromatic N) is 4. The quantitative estimate of drug-likeness (QED) is 0.720. The molecule has 6 nitrogen and oxygen atoms in total. The summed E-state index contributed by atoms with van der Waals surface area (Å²) >= 11 is 0. The molecule has 0 spiro atoms. The van der Waals surface area contributed by atoms with Gasteiger partial charge in [0.2, 0.25) is 11.8 Å². The fourth-order valence-electron chi connectivity index (χ4n) is 4.68. The molecule has 1 unspecified atom stereocenters. The van der Waals surface area contributed by atoms with Crippen LogP contribution in [-0.2, 0) is 22.4 Å². The average Bonchev–Trinajstić information content (AvgIpc) is 3.47. The van der Waals surface area contributed by atoms with E-state index in [9.17, 15) is 9.59 Å². The molecule has 2 amide bonds. The first-order chi connectivity index (χ1) is 15.0. The summed E-state index contributed by atoms with van der Waals surface area (Å²) in [4.78, 5) is 38.7. The van der Waals surface area contributed by atoms with E-state index in [0.29, 0.717) is 19.4 Å². The number of benzene rings is 1. The van der Waals surface area contributed by atoms with Gasteiger partial charge in [-0.3, -0.25) is 9.59 Å². The first kappa shape index (κ1) is 21.5. The highest BCUT2D eigenvalue weighted by atomic mass is 16.2. The molecule has 31 heavy (non-hydrogen) atoms. The Balaban J connectivity index is 1.36. The van der Waals surface area contributed by atoms with Crippen LogP contribution in [0.3, 0.4) is 0 Å². The Kier molecular flexibility index (Phi) is 6.64. The fourth-order valence-corrected chi connectivity index (χ4v) is 4.68. The normalized spacial score (nSPS) is 18.6. The van der Waals surface area contributed by atoms with Crippen molar-refractivity contribution in [2.24, 2.45) is 0 Å². The van der Waals surface area contributed by atoms with Gasteiger partial charge >= 0.3 is 0 Å². The van der Waals surface area contributed by atoms with Crippen molar-refractivity contribution in [2.75, 3.05) is 26.2 Å². The smallest absolute Gasteiger partial charge is 0.227 e. The second-order valence-electron chi connectivity index (χ2n) is 8.81. The third-order valence-electron chi connectivity index (χ3n) is 6.60. The van der Waals surface area contributed by atoms with Gasteiger partial charge in [0.1, 0.15) is 5.82 Å². The molecule has 0 radical (unpaired) electrons. The van der Waals surface area contributed by atoms with Crippen LogP contribution in [-0.4, -0.2) is 57.8 Å². The summed E-state index contributed by atoms with van der Waals surface area (Å²) in [6.45, 7) is 7.12. The Morgan fingerprint density at radius 2 is 1.61 bits per heavy atom. The minimum Gasteiger partial charge on any atom is -0.342 e. The average molecular weight is 421 g/mol. The molecule has 1 atom stereocenters. The minimum absolute atomic E-state index is 0.168. The second-order valence-corrected chi connectivity index (χ2v) is 8.81. The molecule has 2 aromatic rings.